The van der Waals surface area contributed by atoms with Crippen molar-refractivity contribution in [3.8, 4) is 11.5 Å². The van der Waals surface area contributed by atoms with Gasteiger partial charge in [-0.05, 0) is 53.6 Å². The van der Waals surface area contributed by atoms with Gasteiger partial charge in [-0.2, -0.15) is 8.42 Å². The third kappa shape index (κ3) is 5.30. The Hall–Kier alpha value is -3.21. The lowest BCUT2D eigenvalue weighted by molar-refractivity contribution is -0.122. The number of hydrogen-bond donors (Lipinski definition) is 0. The Morgan fingerprint density at radius 2 is 1.74 bits per heavy atom. The summed E-state index contributed by atoms with van der Waals surface area (Å²) in [5.41, 5.74) is 1.56. The SMILES string of the molecule is COc1cc(/C=C2\SC(=S)N(Cc3ccccc3)C2=O)ccc1OS(=O)(=O)c1ccc(F)cc1. The number of ether oxygens (including phenoxy) is 1. The summed E-state index contributed by atoms with van der Waals surface area (Å²) in [7, 11) is -2.82. The molecule has 0 aliphatic carbocycles. The van der Waals surface area contributed by atoms with E-state index in [2.05, 4.69) is 0 Å². The van der Waals surface area contributed by atoms with Crippen LogP contribution in [0.3, 0.4) is 0 Å². The number of rotatable bonds is 7. The molecule has 6 nitrogen and oxygen atoms in total. The first-order chi connectivity index (χ1) is 16.3. The van der Waals surface area contributed by atoms with E-state index >= 15 is 0 Å². The fraction of sp³-hybridized carbons (Fsp3) is 0.0833. The van der Waals surface area contributed by atoms with Gasteiger partial charge in [0.15, 0.2) is 11.5 Å². The van der Waals surface area contributed by atoms with E-state index in [1.54, 1.807) is 18.2 Å². The van der Waals surface area contributed by atoms with E-state index in [1.807, 2.05) is 30.3 Å². The summed E-state index contributed by atoms with van der Waals surface area (Å²) < 4.78 is 49.1. The molecule has 0 atom stereocenters. The first kappa shape index (κ1) is 23.9. The Labute approximate surface area is 206 Å². The largest absolute Gasteiger partial charge is 0.493 e. The molecule has 174 valence electrons. The van der Waals surface area contributed by atoms with Gasteiger partial charge in [-0.25, -0.2) is 4.39 Å². The number of carbonyl (C=O) groups excluding carboxylic acids is 1. The highest BCUT2D eigenvalue weighted by molar-refractivity contribution is 8.26. The minimum Gasteiger partial charge on any atom is -0.493 e. The minimum absolute atomic E-state index is 0.0411. The summed E-state index contributed by atoms with van der Waals surface area (Å²) in [5.74, 6) is -0.660. The molecule has 1 heterocycles. The van der Waals surface area contributed by atoms with Crippen molar-refractivity contribution in [2.24, 2.45) is 0 Å². The van der Waals surface area contributed by atoms with Crippen LogP contribution in [0.25, 0.3) is 6.08 Å². The number of hydrogen-bond acceptors (Lipinski definition) is 7. The van der Waals surface area contributed by atoms with Crippen LogP contribution in [0.5, 0.6) is 11.5 Å². The first-order valence-corrected chi connectivity index (χ1v) is 12.6. The first-order valence-electron chi connectivity index (χ1n) is 9.94. The molecule has 1 saturated heterocycles. The predicted octanol–water partition coefficient (Wildman–Crippen LogP) is 5.00. The minimum atomic E-state index is -4.20. The van der Waals surface area contributed by atoms with E-state index in [9.17, 15) is 17.6 Å². The van der Waals surface area contributed by atoms with Gasteiger partial charge in [-0.15, -0.1) is 0 Å². The van der Waals surface area contributed by atoms with Gasteiger partial charge in [0.1, 0.15) is 15.0 Å². The average Bonchev–Trinajstić information content (AvgIpc) is 3.08. The Bertz CT molecular complexity index is 1370. The van der Waals surface area contributed by atoms with E-state index in [0.29, 0.717) is 21.3 Å². The smallest absolute Gasteiger partial charge is 0.339 e. The maximum absolute atomic E-state index is 13.1. The molecule has 0 saturated carbocycles. The highest BCUT2D eigenvalue weighted by Gasteiger charge is 2.32. The van der Waals surface area contributed by atoms with Gasteiger partial charge in [0.2, 0.25) is 0 Å². The van der Waals surface area contributed by atoms with Gasteiger partial charge < -0.3 is 8.92 Å². The summed E-state index contributed by atoms with van der Waals surface area (Å²) in [6, 6.07) is 18.4. The van der Waals surface area contributed by atoms with E-state index in [1.165, 1.54) is 29.8 Å². The van der Waals surface area contributed by atoms with Crippen LogP contribution in [0.15, 0.2) is 82.6 Å². The molecule has 1 aliphatic rings. The lowest BCUT2D eigenvalue weighted by Crippen LogP contribution is -2.27. The molecule has 0 N–H and O–H groups in total. The quantitative estimate of drug-likeness (QED) is 0.249. The maximum Gasteiger partial charge on any atom is 0.339 e. The summed E-state index contributed by atoms with van der Waals surface area (Å²) in [6.45, 7) is 0.375. The van der Waals surface area contributed by atoms with Crippen LogP contribution in [0.4, 0.5) is 4.39 Å². The third-order valence-electron chi connectivity index (χ3n) is 4.84. The Morgan fingerprint density at radius 1 is 1.03 bits per heavy atom. The molecular formula is C24H18FNO5S3. The molecule has 1 fully saturated rings. The fourth-order valence-corrected chi connectivity index (χ4v) is 5.36. The number of thiocarbonyl (C=S) groups is 1. The topological polar surface area (TPSA) is 72.9 Å². The molecule has 10 heteroatoms. The van der Waals surface area contributed by atoms with Crippen LogP contribution in [-0.2, 0) is 21.5 Å². The second kappa shape index (κ2) is 9.96. The highest BCUT2D eigenvalue weighted by atomic mass is 32.2. The summed E-state index contributed by atoms with van der Waals surface area (Å²) in [6.07, 6.45) is 1.66. The predicted molar refractivity (Wildman–Crippen MR) is 132 cm³/mol. The maximum atomic E-state index is 13.1. The standard InChI is InChI=1S/C24H18FNO5S3/c1-30-21-13-17(7-12-20(21)31-34(28,29)19-10-8-18(25)9-11-19)14-22-23(27)26(24(32)33-22)15-16-5-3-2-4-6-16/h2-14H,15H2,1H3/b22-14-. The normalized spacial score (nSPS) is 15.1. The zero-order chi connectivity index (χ0) is 24.3. The molecule has 0 bridgehead atoms. The number of methoxy groups -OCH3 is 1. The van der Waals surface area contributed by atoms with E-state index in [-0.39, 0.29) is 22.3 Å². The van der Waals surface area contributed by atoms with Crippen molar-refractivity contribution < 1.29 is 26.5 Å². The number of amides is 1. The molecule has 3 aromatic carbocycles. The number of halogens is 1. The lowest BCUT2D eigenvalue weighted by atomic mass is 10.1. The molecule has 0 aromatic heterocycles. The monoisotopic (exact) mass is 515 g/mol. The lowest BCUT2D eigenvalue weighted by Gasteiger charge is -2.14. The van der Waals surface area contributed by atoms with Gasteiger partial charge in [0.05, 0.1) is 18.6 Å². The van der Waals surface area contributed by atoms with Gasteiger partial charge >= 0.3 is 10.1 Å². The molecule has 3 aromatic rings. The number of benzene rings is 3. The molecule has 0 unspecified atom stereocenters. The second-order valence-corrected chi connectivity index (χ2v) is 10.4. The van der Waals surface area contributed by atoms with Crippen molar-refractivity contribution in [1.29, 1.82) is 0 Å². The van der Waals surface area contributed by atoms with Gasteiger partial charge in [0.25, 0.3) is 5.91 Å². The van der Waals surface area contributed by atoms with Crippen molar-refractivity contribution in [2.45, 2.75) is 11.4 Å². The molecule has 34 heavy (non-hydrogen) atoms. The van der Waals surface area contributed by atoms with Crippen LogP contribution in [-0.4, -0.2) is 30.7 Å². The van der Waals surface area contributed by atoms with Crippen LogP contribution in [0, 0.1) is 5.82 Å². The van der Waals surface area contributed by atoms with Gasteiger partial charge in [0, 0.05) is 0 Å². The number of thioether (sulfide) groups is 1. The highest BCUT2D eigenvalue weighted by Crippen LogP contribution is 2.36. The van der Waals surface area contributed by atoms with Crippen LogP contribution >= 0.6 is 24.0 Å². The van der Waals surface area contributed by atoms with Crippen LogP contribution in [0.1, 0.15) is 11.1 Å². The molecule has 0 spiro atoms. The second-order valence-electron chi connectivity index (χ2n) is 7.16. The van der Waals surface area contributed by atoms with Crippen molar-refractivity contribution in [1.82, 2.24) is 4.90 Å². The van der Waals surface area contributed by atoms with Crippen LogP contribution < -0.4 is 8.92 Å². The Kier molecular flexibility index (Phi) is 7.01. The zero-order valence-corrected chi connectivity index (χ0v) is 20.3. The van der Waals surface area contributed by atoms with Crippen molar-refractivity contribution in [2.75, 3.05) is 7.11 Å². The Balaban J connectivity index is 1.55. The number of nitrogens with zero attached hydrogens (tertiary/aromatic N) is 1. The average molecular weight is 516 g/mol. The summed E-state index contributed by atoms with van der Waals surface area (Å²) >= 11 is 6.58. The molecular weight excluding hydrogens is 497 g/mol. The molecule has 1 amide bonds. The van der Waals surface area contributed by atoms with E-state index in [0.717, 1.165) is 29.8 Å². The van der Waals surface area contributed by atoms with Gasteiger partial charge in [-0.3, -0.25) is 9.69 Å². The van der Waals surface area contributed by atoms with Crippen molar-refractivity contribution >= 4 is 50.4 Å². The summed E-state index contributed by atoms with van der Waals surface area (Å²) in [4.78, 5) is 14.7. The van der Waals surface area contributed by atoms with Crippen molar-refractivity contribution in [3.05, 3.63) is 94.6 Å². The molecule has 4 rings (SSSR count). The third-order valence-corrected chi connectivity index (χ3v) is 7.47. The van der Waals surface area contributed by atoms with Crippen LogP contribution in [0.2, 0.25) is 0 Å². The fourth-order valence-electron chi connectivity index (χ4n) is 3.16. The number of carbonyl (C=O) groups is 1. The zero-order valence-electron chi connectivity index (χ0n) is 17.8. The molecule has 1 aliphatic heterocycles. The van der Waals surface area contributed by atoms with E-state index in [4.69, 9.17) is 21.1 Å². The Morgan fingerprint density at radius 3 is 2.41 bits per heavy atom. The summed E-state index contributed by atoms with van der Waals surface area (Å²) in [5, 5.41) is 0. The van der Waals surface area contributed by atoms with E-state index < -0.39 is 15.9 Å². The van der Waals surface area contributed by atoms with Gasteiger partial charge in [-0.1, -0.05) is 60.4 Å². The molecule has 0 radical (unpaired) electrons. The van der Waals surface area contributed by atoms with Crippen molar-refractivity contribution in [3.63, 3.8) is 0 Å².